The van der Waals surface area contributed by atoms with Gasteiger partial charge >= 0.3 is 19.9 Å². The van der Waals surface area contributed by atoms with E-state index in [0.29, 0.717) is 0 Å². The lowest BCUT2D eigenvalue weighted by molar-refractivity contribution is 0.618. The molecule has 2 nitrogen and oxygen atoms in total. The highest BCUT2D eigenvalue weighted by Gasteiger charge is 2.35. The van der Waals surface area contributed by atoms with Gasteiger partial charge in [0.05, 0.1) is 0 Å². The standard InChI is InChI=1S/C2H6Cl4OSi2.CH3Cl3Si.H2O/c1-8(3,4)7-9(2,5)6;1-5(2,3)4;/h1-2H3;1H3;1H2. The largest absolute Gasteiger partial charge is 0.412 e. The molecule has 0 aliphatic rings. The molecular weight excluding hydrogens is 400 g/mol. The molecule has 0 saturated heterocycles. The predicted molar refractivity (Wildman–Crippen MR) is 80.5 cm³/mol. The molecule has 0 atom stereocenters. The van der Waals surface area contributed by atoms with Crippen molar-refractivity contribution in [2.75, 3.05) is 0 Å². The molecule has 0 spiro atoms. The average molecular weight is 412 g/mol. The van der Waals surface area contributed by atoms with E-state index in [2.05, 4.69) is 0 Å². The van der Waals surface area contributed by atoms with E-state index in [4.69, 9.17) is 81.7 Å². The van der Waals surface area contributed by atoms with Crippen LogP contribution in [0.2, 0.25) is 19.6 Å². The minimum Gasteiger partial charge on any atom is -0.412 e. The fourth-order valence-corrected chi connectivity index (χ4v) is 9.81. The average Bonchev–Trinajstić information content (AvgIpc) is 1.42. The molecule has 0 aromatic rings. The fourth-order valence-electron chi connectivity index (χ4n) is 0.315. The second-order valence-electron chi connectivity index (χ2n) is 2.50. The molecule has 0 rings (SSSR count). The maximum atomic E-state index is 5.57. The van der Waals surface area contributed by atoms with Crippen LogP contribution in [0.1, 0.15) is 0 Å². The molecular formula is C3H11Cl7O2Si3. The van der Waals surface area contributed by atoms with E-state index >= 15 is 0 Å². The highest BCUT2D eigenvalue weighted by molar-refractivity contribution is 7.64. The van der Waals surface area contributed by atoms with Crippen LogP contribution in [-0.4, -0.2) is 25.4 Å². The SMILES string of the molecule is C[Si](Cl)(Cl)Cl.C[Si](Cl)(Cl)O[Si](C)(Cl)Cl.O. The van der Waals surface area contributed by atoms with Gasteiger partial charge in [-0.1, -0.05) is 0 Å². The third-order valence-electron chi connectivity index (χ3n) is 0.358. The topological polar surface area (TPSA) is 40.7 Å². The summed E-state index contributed by atoms with van der Waals surface area (Å²) in [6.07, 6.45) is 0. The lowest BCUT2D eigenvalue weighted by atomic mass is 11.9. The van der Waals surface area contributed by atoms with Gasteiger partial charge in [-0.3, -0.25) is 0 Å². The highest BCUT2D eigenvalue weighted by atomic mass is 35.8. The summed E-state index contributed by atoms with van der Waals surface area (Å²) in [5.41, 5.74) is 0. The van der Waals surface area contributed by atoms with Crippen LogP contribution in [0.4, 0.5) is 0 Å². The molecule has 0 bridgehead atoms. The molecule has 0 radical (unpaired) electrons. The third kappa shape index (κ3) is 47.8. The summed E-state index contributed by atoms with van der Waals surface area (Å²) in [6, 6.07) is -2.19. The van der Waals surface area contributed by atoms with Gasteiger partial charge in [-0.05, 0) is 19.6 Å². The van der Waals surface area contributed by atoms with Gasteiger partial charge in [0.1, 0.15) is 0 Å². The van der Waals surface area contributed by atoms with Crippen molar-refractivity contribution >= 4 is 97.4 Å². The van der Waals surface area contributed by atoms with Gasteiger partial charge < -0.3 is 9.59 Å². The normalized spacial score (nSPS) is 12.4. The molecule has 0 saturated carbocycles. The summed E-state index contributed by atoms with van der Waals surface area (Å²) in [5.74, 6) is 0. The van der Waals surface area contributed by atoms with Crippen molar-refractivity contribution < 1.29 is 9.59 Å². The van der Waals surface area contributed by atoms with Gasteiger partial charge in [0.2, 0.25) is 0 Å². The Hall–Kier alpha value is 2.60. The highest BCUT2D eigenvalue weighted by Crippen LogP contribution is 2.26. The van der Waals surface area contributed by atoms with E-state index in [0.717, 1.165) is 0 Å². The fraction of sp³-hybridized carbons (Fsp3) is 1.00. The van der Waals surface area contributed by atoms with E-state index < -0.39 is 19.9 Å². The smallest absolute Gasteiger partial charge is 0.377 e. The van der Waals surface area contributed by atoms with E-state index in [1.165, 1.54) is 0 Å². The molecule has 0 fully saturated rings. The van der Waals surface area contributed by atoms with Crippen molar-refractivity contribution in [1.82, 2.24) is 0 Å². The van der Waals surface area contributed by atoms with Gasteiger partial charge in [0.25, 0.3) is 0 Å². The first kappa shape index (κ1) is 22.8. The number of hydrogen-bond acceptors (Lipinski definition) is 1. The molecule has 0 aliphatic carbocycles. The van der Waals surface area contributed by atoms with Crippen molar-refractivity contribution in [3.63, 3.8) is 0 Å². The van der Waals surface area contributed by atoms with Gasteiger partial charge in [-0.25, -0.2) is 0 Å². The summed E-state index contributed by atoms with van der Waals surface area (Å²) in [6.45, 7) is -0.271. The van der Waals surface area contributed by atoms with Crippen molar-refractivity contribution in [1.29, 1.82) is 0 Å². The summed E-state index contributed by atoms with van der Waals surface area (Å²) in [5, 5.41) is 0. The first-order chi connectivity index (χ1) is 5.71. The van der Waals surface area contributed by atoms with Crippen LogP contribution in [0.15, 0.2) is 0 Å². The Morgan fingerprint density at radius 3 is 0.800 bits per heavy atom. The molecule has 0 heterocycles. The van der Waals surface area contributed by atoms with Crippen LogP contribution < -0.4 is 0 Å². The quantitative estimate of drug-likeness (QED) is 0.486. The van der Waals surface area contributed by atoms with Crippen LogP contribution in [0, 0.1) is 0 Å². The summed E-state index contributed by atoms with van der Waals surface area (Å²) in [4.78, 5) is 0. The Kier molecular flexibility index (Phi) is 13.1. The van der Waals surface area contributed by atoms with Crippen molar-refractivity contribution in [3.05, 3.63) is 0 Å². The molecule has 0 unspecified atom stereocenters. The number of hydrogen-bond donors (Lipinski definition) is 0. The van der Waals surface area contributed by atoms with Gasteiger partial charge in [-0.15, -0.1) is 77.6 Å². The number of halogens is 7. The van der Waals surface area contributed by atoms with Crippen LogP contribution in [0.3, 0.4) is 0 Å². The van der Waals surface area contributed by atoms with E-state index in [9.17, 15) is 0 Å². The first-order valence-corrected chi connectivity index (χ1v) is 17.6. The van der Waals surface area contributed by atoms with Crippen LogP contribution >= 0.6 is 77.6 Å². The molecule has 0 amide bonds. The second kappa shape index (κ2) is 8.66. The Bertz CT molecular complexity index is 142. The van der Waals surface area contributed by atoms with Gasteiger partial charge in [0, 0.05) is 0 Å². The van der Waals surface area contributed by atoms with Crippen LogP contribution in [-0.2, 0) is 4.12 Å². The van der Waals surface area contributed by atoms with Gasteiger partial charge in [-0.2, -0.15) is 0 Å². The molecule has 12 heteroatoms. The Morgan fingerprint density at radius 2 is 0.800 bits per heavy atom. The predicted octanol–water partition coefficient (Wildman–Crippen LogP) is 4.54. The van der Waals surface area contributed by atoms with Crippen LogP contribution in [0.25, 0.3) is 0 Å². The first-order valence-electron chi connectivity index (χ1n) is 3.23. The molecule has 15 heavy (non-hydrogen) atoms. The minimum atomic E-state index is -2.55. The summed E-state index contributed by atoms with van der Waals surface area (Å²) < 4.78 is 4.96. The Balaban J connectivity index is -0.000000208. The molecule has 0 aliphatic heterocycles. The summed E-state index contributed by atoms with van der Waals surface area (Å²) in [7, 11) is 0. The minimum absolute atomic E-state index is 0. The van der Waals surface area contributed by atoms with Crippen molar-refractivity contribution in [2.45, 2.75) is 19.6 Å². The molecule has 0 aromatic heterocycles. The van der Waals surface area contributed by atoms with Crippen LogP contribution in [0.5, 0.6) is 0 Å². The third-order valence-corrected chi connectivity index (χ3v) is 6.00. The van der Waals surface area contributed by atoms with E-state index in [1.807, 2.05) is 0 Å². The van der Waals surface area contributed by atoms with Gasteiger partial charge in [0.15, 0.2) is 0 Å². The van der Waals surface area contributed by atoms with Crippen molar-refractivity contribution in [3.8, 4) is 0 Å². The monoisotopic (exact) mass is 408 g/mol. The lowest BCUT2D eigenvalue weighted by Crippen LogP contribution is -2.32. The Labute approximate surface area is 126 Å². The van der Waals surface area contributed by atoms with Crippen molar-refractivity contribution in [2.24, 2.45) is 0 Å². The maximum Gasteiger partial charge on any atom is 0.377 e. The molecule has 96 valence electrons. The molecule has 2 N–H and O–H groups in total. The zero-order valence-electron chi connectivity index (χ0n) is 8.05. The zero-order chi connectivity index (χ0) is 12.2. The summed E-state index contributed by atoms with van der Waals surface area (Å²) >= 11 is 37.9. The Morgan fingerprint density at radius 1 is 0.667 bits per heavy atom. The zero-order valence-corrected chi connectivity index (χ0v) is 16.3. The maximum absolute atomic E-state index is 5.57. The van der Waals surface area contributed by atoms with E-state index in [-0.39, 0.29) is 5.48 Å². The second-order valence-corrected chi connectivity index (χ2v) is 26.5. The lowest BCUT2D eigenvalue weighted by Gasteiger charge is -2.18. The molecule has 0 aromatic carbocycles. The van der Waals surface area contributed by atoms with E-state index in [1.54, 1.807) is 19.6 Å². The number of rotatable bonds is 2.